The zero-order chi connectivity index (χ0) is 13.1. The summed E-state index contributed by atoms with van der Waals surface area (Å²) in [7, 11) is 0. The first kappa shape index (κ1) is 12.9. The highest BCUT2D eigenvalue weighted by Gasteiger charge is 2.16. The maximum atomic E-state index is 10.8. The van der Waals surface area contributed by atoms with Crippen LogP contribution in [0, 0.1) is 0 Å². The van der Waals surface area contributed by atoms with Gasteiger partial charge in [0.05, 0.1) is 5.56 Å². The molecule has 1 aromatic heterocycles. The van der Waals surface area contributed by atoms with Crippen molar-refractivity contribution in [1.82, 2.24) is 4.98 Å². The molecule has 94 valence electrons. The SMILES string of the molecule is CC(Oc1ccc(Cl)cc1-c1nccs1)C(=O)O. The van der Waals surface area contributed by atoms with E-state index in [1.807, 2.05) is 5.38 Å². The van der Waals surface area contributed by atoms with Gasteiger partial charge in [0.15, 0.2) is 6.10 Å². The van der Waals surface area contributed by atoms with Crippen LogP contribution in [-0.2, 0) is 4.79 Å². The fourth-order valence-corrected chi connectivity index (χ4v) is 2.20. The van der Waals surface area contributed by atoms with E-state index in [-0.39, 0.29) is 0 Å². The highest BCUT2D eigenvalue weighted by atomic mass is 35.5. The average molecular weight is 284 g/mol. The van der Waals surface area contributed by atoms with E-state index in [1.165, 1.54) is 18.3 Å². The molecular weight excluding hydrogens is 274 g/mol. The summed E-state index contributed by atoms with van der Waals surface area (Å²) >= 11 is 7.37. The number of aromatic nitrogens is 1. The molecule has 0 fully saturated rings. The van der Waals surface area contributed by atoms with Gasteiger partial charge in [-0.1, -0.05) is 11.6 Å². The van der Waals surface area contributed by atoms with Crippen LogP contribution in [-0.4, -0.2) is 22.2 Å². The van der Waals surface area contributed by atoms with Gasteiger partial charge in [-0.15, -0.1) is 11.3 Å². The predicted octanol–water partition coefficient (Wildman–Crippen LogP) is 3.32. The van der Waals surface area contributed by atoms with E-state index in [1.54, 1.807) is 24.4 Å². The third-order valence-corrected chi connectivity index (χ3v) is 3.30. The maximum absolute atomic E-state index is 10.8. The van der Waals surface area contributed by atoms with Crippen LogP contribution in [0.2, 0.25) is 5.02 Å². The van der Waals surface area contributed by atoms with Crippen LogP contribution in [0.3, 0.4) is 0 Å². The van der Waals surface area contributed by atoms with Crippen LogP contribution in [0.1, 0.15) is 6.92 Å². The second-order valence-electron chi connectivity index (χ2n) is 3.58. The Morgan fingerprint density at radius 1 is 1.56 bits per heavy atom. The molecule has 0 bridgehead atoms. The second kappa shape index (κ2) is 5.37. The van der Waals surface area contributed by atoms with E-state index in [4.69, 9.17) is 21.4 Å². The van der Waals surface area contributed by atoms with E-state index >= 15 is 0 Å². The Morgan fingerprint density at radius 2 is 2.33 bits per heavy atom. The topological polar surface area (TPSA) is 59.4 Å². The molecule has 2 rings (SSSR count). The maximum Gasteiger partial charge on any atom is 0.344 e. The molecular formula is C12H10ClNO3S. The number of benzene rings is 1. The van der Waals surface area contributed by atoms with Gasteiger partial charge < -0.3 is 9.84 Å². The molecule has 1 unspecified atom stereocenters. The Labute approximate surface area is 113 Å². The number of carboxylic acid groups (broad SMARTS) is 1. The fourth-order valence-electron chi connectivity index (χ4n) is 1.37. The lowest BCUT2D eigenvalue weighted by Crippen LogP contribution is -2.23. The molecule has 0 radical (unpaired) electrons. The highest BCUT2D eigenvalue weighted by molar-refractivity contribution is 7.13. The summed E-state index contributed by atoms with van der Waals surface area (Å²) < 4.78 is 5.39. The zero-order valence-electron chi connectivity index (χ0n) is 9.46. The van der Waals surface area contributed by atoms with E-state index in [0.29, 0.717) is 16.3 Å². The lowest BCUT2D eigenvalue weighted by Gasteiger charge is -2.13. The first-order valence-electron chi connectivity index (χ1n) is 5.17. The van der Waals surface area contributed by atoms with Crippen LogP contribution >= 0.6 is 22.9 Å². The van der Waals surface area contributed by atoms with E-state index in [9.17, 15) is 4.79 Å². The van der Waals surface area contributed by atoms with Crippen molar-refractivity contribution in [1.29, 1.82) is 0 Å². The molecule has 0 spiro atoms. The number of halogens is 1. The number of hydrogen-bond donors (Lipinski definition) is 1. The molecule has 0 saturated heterocycles. The van der Waals surface area contributed by atoms with Crippen molar-refractivity contribution in [2.24, 2.45) is 0 Å². The standard InChI is InChI=1S/C12H10ClNO3S/c1-7(12(15)16)17-10-3-2-8(13)6-9(10)11-14-4-5-18-11/h2-7H,1H3,(H,15,16). The Balaban J connectivity index is 2.38. The van der Waals surface area contributed by atoms with Gasteiger partial charge >= 0.3 is 5.97 Å². The van der Waals surface area contributed by atoms with Gasteiger partial charge in [-0.3, -0.25) is 0 Å². The molecule has 18 heavy (non-hydrogen) atoms. The quantitative estimate of drug-likeness (QED) is 0.935. The average Bonchev–Trinajstić information content (AvgIpc) is 2.84. The zero-order valence-corrected chi connectivity index (χ0v) is 11.0. The molecule has 0 aliphatic rings. The molecule has 2 aromatic rings. The monoisotopic (exact) mass is 283 g/mol. The summed E-state index contributed by atoms with van der Waals surface area (Å²) in [6, 6.07) is 5.02. The summed E-state index contributed by atoms with van der Waals surface area (Å²) in [5, 5.41) is 12.0. The van der Waals surface area contributed by atoms with Gasteiger partial charge in [0.1, 0.15) is 10.8 Å². The van der Waals surface area contributed by atoms with Crippen LogP contribution in [0.25, 0.3) is 10.6 Å². The number of hydrogen-bond acceptors (Lipinski definition) is 4. The van der Waals surface area contributed by atoms with Gasteiger partial charge in [-0.05, 0) is 25.1 Å². The summed E-state index contributed by atoms with van der Waals surface area (Å²) in [5.41, 5.74) is 0.700. The fraction of sp³-hybridized carbons (Fsp3) is 0.167. The highest BCUT2D eigenvalue weighted by Crippen LogP contribution is 2.34. The van der Waals surface area contributed by atoms with Crippen molar-refractivity contribution in [2.45, 2.75) is 13.0 Å². The number of aliphatic carboxylic acids is 1. The summed E-state index contributed by atoms with van der Waals surface area (Å²) in [6.45, 7) is 1.47. The van der Waals surface area contributed by atoms with Crippen molar-refractivity contribution in [3.05, 3.63) is 34.8 Å². The summed E-state index contributed by atoms with van der Waals surface area (Å²) in [4.78, 5) is 15.0. The van der Waals surface area contributed by atoms with Crippen molar-refractivity contribution >= 4 is 28.9 Å². The number of thiazole rings is 1. The summed E-state index contributed by atoms with van der Waals surface area (Å²) in [6.07, 6.45) is 0.746. The Hall–Kier alpha value is -1.59. The molecule has 0 aliphatic carbocycles. The third-order valence-electron chi connectivity index (χ3n) is 2.26. The van der Waals surface area contributed by atoms with Gasteiger partial charge in [0, 0.05) is 16.6 Å². The molecule has 1 N–H and O–H groups in total. The Bertz CT molecular complexity index is 556. The molecule has 6 heteroatoms. The van der Waals surface area contributed by atoms with E-state index in [2.05, 4.69) is 4.98 Å². The molecule has 0 amide bonds. The molecule has 4 nitrogen and oxygen atoms in total. The van der Waals surface area contributed by atoms with Gasteiger partial charge in [0.25, 0.3) is 0 Å². The number of carbonyl (C=O) groups is 1. The minimum absolute atomic E-state index is 0.462. The number of ether oxygens (including phenoxy) is 1. The van der Waals surface area contributed by atoms with Gasteiger partial charge in [0.2, 0.25) is 0 Å². The minimum atomic E-state index is -1.02. The lowest BCUT2D eigenvalue weighted by molar-refractivity contribution is -0.144. The largest absolute Gasteiger partial charge is 0.479 e. The minimum Gasteiger partial charge on any atom is -0.479 e. The number of nitrogens with zero attached hydrogens (tertiary/aromatic N) is 1. The lowest BCUT2D eigenvalue weighted by atomic mass is 10.2. The number of carboxylic acids is 1. The van der Waals surface area contributed by atoms with Gasteiger partial charge in [-0.25, -0.2) is 9.78 Å². The second-order valence-corrected chi connectivity index (χ2v) is 4.91. The predicted molar refractivity (Wildman–Crippen MR) is 70.3 cm³/mol. The molecule has 0 saturated carbocycles. The molecule has 1 atom stereocenters. The van der Waals surface area contributed by atoms with Crippen molar-refractivity contribution < 1.29 is 14.6 Å². The smallest absolute Gasteiger partial charge is 0.344 e. The van der Waals surface area contributed by atoms with Gasteiger partial charge in [-0.2, -0.15) is 0 Å². The molecule has 1 heterocycles. The first-order chi connectivity index (χ1) is 8.58. The Kier molecular flexibility index (Phi) is 3.84. The Morgan fingerprint density at radius 3 is 2.94 bits per heavy atom. The first-order valence-corrected chi connectivity index (χ1v) is 6.42. The van der Waals surface area contributed by atoms with Crippen LogP contribution in [0.15, 0.2) is 29.8 Å². The summed E-state index contributed by atoms with van der Waals surface area (Å²) in [5.74, 6) is -0.556. The number of rotatable bonds is 4. The van der Waals surface area contributed by atoms with Crippen LogP contribution in [0.4, 0.5) is 0 Å². The molecule has 0 aliphatic heterocycles. The third kappa shape index (κ3) is 2.80. The van der Waals surface area contributed by atoms with Crippen LogP contribution < -0.4 is 4.74 Å². The van der Waals surface area contributed by atoms with Crippen molar-refractivity contribution in [3.8, 4) is 16.3 Å². The molecule has 1 aromatic carbocycles. The van der Waals surface area contributed by atoms with Crippen LogP contribution in [0.5, 0.6) is 5.75 Å². The van der Waals surface area contributed by atoms with E-state index < -0.39 is 12.1 Å². The van der Waals surface area contributed by atoms with Crippen molar-refractivity contribution in [3.63, 3.8) is 0 Å². The van der Waals surface area contributed by atoms with E-state index in [0.717, 1.165) is 5.01 Å². The van der Waals surface area contributed by atoms with Crippen molar-refractivity contribution in [2.75, 3.05) is 0 Å². The normalized spacial score (nSPS) is 12.1.